The van der Waals surface area contributed by atoms with Crippen LogP contribution < -0.4 is 10.6 Å². The average Bonchev–Trinajstić information content (AvgIpc) is 3.00. The second kappa shape index (κ2) is 8.18. The van der Waals surface area contributed by atoms with E-state index in [9.17, 15) is 4.79 Å². The molecule has 1 fully saturated rings. The van der Waals surface area contributed by atoms with Crippen LogP contribution >= 0.6 is 0 Å². The monoisotopic (exact) mass is 288 g/mol. The second-order valence-corrected chi connectivity index (χ2v) is 6.20. The van der Waals surface area contributed by atoms with Crippen molar-refractivity contribution in [3.8, 4) is 0 Å². The van der Waals surface area contributed by atoms with E-state index in [2.05, 4.69) is 48.7 Å². The zero-order chi connectivity index (χ0) is 15.1. The average molecular weight is 288 g/mol. The predicted octanol–water partition coefficient (Wildman–Crippen LogP) is 2.86. The summed E-state index contributed by atoms with van der Waals surface area (Å²) in [5, 5.41) is 6.43. The highest BCUT2D eigenvalue weighted by molar-refractivity contribution is 5.76. The van der Waals surface area contributed by atoms with Gasteiger partial charge in [0.05, 0.1) is 0 Å². The van der Waals surface area contributed by atoms with Crippen LogP contribution in [0.5, 0.6) is 0 Å². The number of rotatable bonds is 7. The SMILES string of the molecule is CCc1ccc(C(C)CC(=O)NCCC2CCNC2)cc1. The molecule has 0 spiro atoms. The molecule has 3 nitrogen and oxygen atoms in total. The Labute approximate surface area is 128 Å². The maximum Gasteiger partial charge on any atom is 0.220 e. The summed E-state index contributed by atoms with van der Waals surface area (Å²) in [6, 6.07) is 8.63. The van der Waals surface area contributed by atoms with E-state index in [1.807, 2.05) is 0 Å². The molecule has 0 radical (unpaired) electrons. The number of hydrogen-bond donors (Lipinski definition) is 2. The molecule has 0 saturated carbocycles. The molecule has 2 rings (SSSR count). The first-order valence-corrected chi connectivity index (χ1v) is 8.25. The van der Waals surface area contributed by atoms with E-state index < -0.39 is 0 Å². The largest absolute Gasteiger partial charge is 0.356 e. The minimum Gasteiger partial charge on any atom is -0.356 e. The molecule has 1 saturated heterocycles. The molecule has 1 aliphatic rings. The number of nitrogens with one attached hydrogen (secondary N) is 2. The van der Waals surface area contributed by atoms with Crippen molar-refractivity contribution >= 4 is 5.91 Å². The normalized spacial score (nSPS) is 19.4. The van der Waals surface area contributed by atoms with Crippen molar-refractivity contribution in [2.24, 2.45) is 5.92 Å². The van der Waals surface area contributed by atoms with Crippen molar-refractivity contribution in [2.45, 2.75) is 45.4 Å². The third-order valence-corrected chi connectivity index (χ3v) is 4.49. The van der Waals surface area contributed by atoms with Gasteiger partial charge >= 0.3 is 0 Å². The zero-order valence-corrected chi connectivity index (χ0v) is 13.3. The molecule has 0 aliphatic carbocycles. The van der Waals surface area contributed by atoms with Crippen molar-refractivity contribution < 1.29 is 4.79 Å². The lowest BCUT2D eigenvalue weighted by molar-refractivity contribution is -0.121. The lowest BCUT2D eigenvalue weighted by atomic mass is 9.96. The van der Waals surface area contributed by atoms with Crippen molar-refractivity contribution in [3.63, 3.8) is 0 Å². The summed E-state index contributed by atoms with van der Waals surface area (Å²) in [5.74, 6) is 1.20. The molecule has 2 unspecified atom stereocenters. The summed E-state index contributed by atoms with van der Waals surface area (Å²) in [7, 11) is 0. The van der Waals surface area contributed by atoms with Crippen LogP contribution in [0.15, 0.2) is 24.3 Å². The molecule has 0 aromatic heterocycles. The minimum absolute atomic E-state index is 0.174. The highest BCUT2D eigenvalue weighted by Gasteiger charge is 2.15. The number of amides is 1. The molecule has 0 bridgehead atoms. The zero-order valence-electron chi connectivity index (χ0n) is 13.3. The summed E-state index contributed by atoms with van der Waals surface area (Å²) in [4.78, 5) is 12.0. The summed E-state index contributed by atoms with van der Waals surface area (Å²) < 4.78 is 0. The second-order valence-electron chi connectivity index (χ2n) is 6.20. The van der Waals surface area contributed by atoms with Crippen LogP contribution in [0.25, 0.3) is 0 Å². The van der Waals surface area contributed by atoms with Gasteiger partial charge < -0.3 is 10.6 Å². The molecule has 21 heavy (non-hydrogen) atoms. The van der Waals surface area contributed by atoms with Gasteiger partial charge in [0.15, 0.2) is 0 Å². The molecule has 3 heteroatoms. The summed E-state index contributed by atoms with van der Waals surface area (Å²) in [6.45, 7) is 7.33. The van der Waals surface area contributed by atoms with Gasteiger partial charge in [-0.15, -0.1) is 0 Å². The standard InChI is InChI=1S/C18H28N2O/c1-3-15-4-6-17(7-5-15)14(2)12-18(21)20-11-9-16-8-10-19-13-16/h4-7,14,16,19H,3,8-13H2,1-2H3,(H,20,21). The molecule has 2 atom stereocenters. The van der Waals surface area contributed by atoms with Gasteiger partial charge in [0, 0.05) is 13.0 Å². The maximum absolute atomic E-state index is 12.0. The third-order valence-electron chi connectivity index (χ3n) is 4.49. The highest BCUT2D eigenvalue weighted by atomic mass is 16.1. The Morgan fingerprint density at radius 2 is 2.14 bits per heavy atom. The van der Waals surface area contributed by atoms with E-state index >= 15 is 0 Å². The van der Waals surface area contributed by atoms with Gasteiger partial charge in [0.1, 0.15) is 0 Å². The smallest absolute Gasteiger partial charge is 0.220 e. The van der Waals surface area contributed by atoms with Crippen LogP contribution in [0.4, 0.5) is 0 Å². The first-order valence-electron chi connectivity index (χ1n) is 8.25. The summed E-state index contributed by atoms with van der Waals surface area (Å²) in [6.07, 6.45) is 3.98. The van der Waals surface area contributed by atoms with Gasteiger partial charge in [-0.2, -0.15) is 0 Å². The maximum atomic E-state index is 12.0. The van der Waals surface area contributed by atoms with Crippen molar-refractivity contribution in [1.82, 2.24) is 10.6 Å². The highest BCUT2D eigenvalue weighted by Crippen LogP contribution is 2.19. The van der Waals surface area contributed by atoms with E-state index in [0.717, 1.165) is 38.4 Å². The predicted molar refractivity (Wildman–Crippen MR) is 87.5 cm³/mol. The topological polar surface area (TPSA) is 41.1 Å². The van der Waals surface area contributed by atoms with Crippen LogP contribution in [0.3, 0.4) is 0 Å². The van der Waals surface area contributed by atoms with Gasteiger partial charge in [-0.3, -0.25) is 4.79 Å². The number of aryl methyl sites for hydroxylation is 1. The van der Waals surface area contributed by atoms with Crippen molar-refractivity contribution in [1.29, 1.82) is 0 Å². The number of benzene rings is 1. The van der Waals surface area contributed by atoms with Crippen LogP contribution in [-0.4, -0.2) is 25.5 Å². The summed E-state index contributed by atoms with van der Waals surface area (Å²) >= 11 is 0. The van der Waals surface area contributed by atoms with Crippen LogP contribution in [0.1, 0.15) is 50.2 Å². The van der Waals surface area contributed by atoms with E-state index in [0.29, 0.717) is 6.42 Å². The fourth-order valence-electron chi connectivity index (χ4n) is 2.93. The number of carbonyl (C=O) groups excluding carboxylic acids is 1. The fourth-order valence-corrected chi connectivity index (χ4v) is 2.93. The number of hydrogen-bond acceptors (Lipinski definition) is 2. The van der Waals surface area contributed by atoms with Gasteiger partial charge in [-0.25, -0.2) is 0 Å². The lowest BCUT2D eigenvalue weighted by Gasteiger charge is -2.13. The molecule has 2 N–H and O–H groups in total. The van der Waals surface area contributed by atoms with Crippen molar-refractivity contribution in [3.05, 3.63) is 35.4 Å². The van der Waals surface area contributed by atoms with Gasteiger partial charge in [0.25, 0.3) is 0 Å². The third kappa shape index (κ3) is 5.16. The van der Waals surface area contributed by atoms with Crippen molar-refractivity contribution in [2.75, 3.05) is 19.6 Å². The first-order chi connectivity index (χ1) is 10.2. The molecule has 1 aliphatic heterocycles. The molecular weight excluding hydrogens is 260 g/mol. The fraction of sp³-hybridized carbons (Fsp3) is 0.611. The van der Waals surface area contributed by atoms with E-state index in [1.165, 1.54) is 17.5 Å². The number of carbonyl (C=O) groups is 1. The summed E-state index contributed by atoms with van der Waals surface area (Å²) in [5.41, 5.74) is 2.60. The Morgan fingerprint density at radius 3 is 2.76 bits per heavy atom. The lowest BCUT2D eigenvalue weighted by Crippen LogP contribution is -2.27. The first kappa shape index (κ1) is 16.0. The molecule has 116 valence electrons. The van der Waals surface area contributed by atoms with E-state index in [4.69, 9.17) is 0 Å². The molecular formula is C18H28N2O. The van der Waals surface area contributed by atoms with Gasteiger partial charge in [0.2, 0.25) is 5.91 Å². The Kier molecular flexibility index (Phi) is 6.24. The minimum atomic E-state index is 0.174. The van der Waals surface area contributed by atoms with E-state index in [1.54, 1.807) is 0 Å². The Hall–Kier alpha value is -1.35. The quantitative estimate of drug-likeness (QED) is 0.810. The Balaban J connectivity index is 1.70. The molecule has 1 amide bonds. The molecule has 1 aromatic rings. The molecule has 1 heterocycles. The van der Waals surface area contributed by atoms with Crippen LogP contribution in [-0.2, 0) is 11.2 Å². The van der Waals surface area contributed by atoms with Gasteiger partial charge in [-0.05, 0) is 55.3 Å². The van der Waals surface area contributed by atoms with Crippen LogP contribution in [0, 0.1) is 5.92 Å². The Morgan fingerprint density at radius 1 is 1.38 bits per heavy atom. The van der Waals surface area contributed by atoms with Crippen LogP contribution in [0.2, 0.25) is 0 Å². The Bertz CT molecular complexity index is 435. The van der Waals surface area contributed by atoms with Gasteiger partial charge in [-0.1, -0.05) is 38.1 Å². The van der Waals surface area contributed by atoms with E-state index in [-0.39, 0.29) is 11.8 Å². The molecule has 1 aromatic carbocycles.